The van der Waals surface area contributed by atoms with E-state index in [1.165, 1.54) is 12.2 Å². The second-order valence-electron chi connectivity index (χ2n) is 2.51. The van der Waals surface area contributed by atoms with Crippen molar-refractivity contribution in [3.63, 3.8) is 0 Å². The van der Waals surface area contributed by atoms with E-state index in [2.05, 4.69) is 0 Å². The van der Waals surface area contributed by atoms with Crippen LogP contribution in [-0.2, 0) is 9.59 Å². The van der Waals surface area contributed by atoms with Gasteiger partial charge in [0.1, 0.15) is 0 Å². The largest absolute Gasteiger partial charge is 0.295 e. The molecule has 0 N–H and O–H groups in total. The summed E-state index contributed by atoms with van der Waals surface area (Å²) in [5.41, 5.74) is 0. The predicted molar refractivity (Wildman–Crippen MR) is 37.6 cm³/mol. The van der Waals surface area contributed by atoms with Crippen molar-refractivity contribution in [3.05, 3.63) is 12.2 Å². The first kappa shape index (κ1) is 7.19. The summed E-state index contributed by atoms with van der Waals surface area (Å²) in [5, 5.41) is 0. The molecule has 0 bridgehead atoms. The molecular formula is C8H10O2. The van der Waals surface area contributed by atoms with Gasteiger partial charge in [-0.3, -0.25) is 9.59 Å². The van der Waals surface area contributed by atoms with Crippen LogP contribution in [0.2, 0.25) is 0 Å². The Labute approximate surface area is 59.9 Å². The van der Waals surface area contributed by atoms with Crippen molar-refractivity contribution in [3.8, 4) is 0 Å². The van der Waals surface area contributed by atoms with Gasteiger partial charge < -0.3 is 0 Å². The Morgan fingerprint density at radius 2 is 2.20 bits per heavy atom. The van der Waals surface area contributed by atoms with Gasteiger partial charge in [-0.25, -0.2) is 0 Å². The summed E-state index contributed by atoms with van der Waals surface area (Å²) in [7, 11) is 0. The minimum absolute atomic E-state index is 0.0440. The van der Waals surface area contributed by atoms with Crippen molar-refractivity contribution in [2.24, 2.45) is 5.92 Å². The van der Waals surface area contributed by atoms with Gasteiger partial charge in [0.15, 0.2) is 11.6 Å². The predicted octanol–water partition coefficient (Wildman–Crippen LogP) is 1.11. The first-order chi connectivity index (χ1) is 4.74. The maximum atomic E-state index is 10.9. The SMILES string of the molecule is CC[C@H]1CC(=O)C=CC1=O. The molecule has 0 amide bonds. The van der Waals surface area contributed by atoms with Gasteiger partial charge >= 0.3 is 0 Å². The third-order valence-electron chi connectivity index (χ3n) is 1.78. The van der Waals surface area contributed by atoms with Gasteiger partial charge in [-0.2, -0.15) is 0 Å². The Morgan fingerprint density at radius 1 is 1.50 bits per heavy atom. The average molecular weight is 138 g/mol. The van der Waals surface area contributed by atoms with E-state index in [1.807, 2.05) is 6.92 Å². The topological polar surface area (TPSA) is 34.1 Å². The number of ketones is 2. The molecular weight excluding hydrogens is 128 g/mol. The number of allylic oxidation sites excluding steroid dienone is 2. The minimum atomic E-state index is -0.0440. The summed E-state index contributed by atoms with van der Waals surface area (Å²) >= 11 is 0. The lowest BCUT2D eigenvalue weighted by Crippen LogP contribution is -2.19. The molecule has 0 fully saturated rings. The summed E-state index contributed by atoms with van der Waals surface area (Å²) < 4.78 is 0. The summed E-state index contributed by atoms with van der Waals surface area (Å²) in [6, 6.07) is 0. The Morgan fingerprint density at radius 3 is 2.70 bits per heavy atom. The van der Waals surface area contributed by atoms with Crippen LogP contribution in [0.3, 0.4) is 0 Å². The van der Waals surface area contributed by atoms with Gasteiger partial charge in [-0.1, -0.05) is 6.92 Å². The molecule has 10 heavy (non-hydrogen) atoms. The molecule has 0 aliphatic heterocycles. The van der Waals surface area contributed by atoms with Crippen molar-refractivity contribution in [2.75, 3.05) is 0 Å². The van der Waals surface area contributed by atoms with Crippen molar-refractivity contribution >= 4 is 11.6 Å². The van der Waals surface area contributed by atoms with E-state index in [0.717, 1.165) is 6.42 Å². The molecule has 2 nitrogen and oxygen atoms in total. The highest BCUT2D eigenvalue weighted by Crippen LogP contribution is 2.15. The van der Waals surface area contributed by atoms with E-state index in [0.29, 0.717) is 6.42 Å². The molecule has 0 spiro atoms. The van der Waals surface area contributed by atoms with Crippen LogP contribution in [0, 0.1) is 5.92 Å². The van der Waals surface area contributed by atoms with Gasteiger partial charge in [-0.05, 0) is 18.6 Å². The summed E-state index contributed by atoms with van der Waals surface area (Å²) in [5.74, 6) is 0.131. The second-order valence-corrected chi connectivity index (χ2v) is 2.51. The lowest BCUT2D eigenvalue weighted by atomic mass is 9.90. The lowest BCUT2D eigenvalue weighted by molar-refractivity contribution is -0.124. The van der Waals surface area contributed by atoms with Crippen molar-refractivity contribution in [1.29, 1.82) is 0 Å². The quantitative estimate of drug-likeness (QED) is 0.544. The molecule has 0 saturated heterocycles. The molecule has 0 unspecified atom stereocenters. The van der Waals surface area contributed by atoms with E-state index in [1.54, 1.807) is 0 Å². The molecule has 0 saturated carbocycles. The van der Waals surface area contributed by atoms with Crippen LogP contribution in [0.15, 0.2) is 12.2 Å². The molecule has 0 radical (unpaired) electrons. The van der Waals surface area contributed by atoms with Gasteiger partial charge in [0.25, 0.3) is 0 Å². The Hall–Kier alpha value is -0.920. The van der Waals surface area contributed by atoms with Gasteiger partial charge in [0, 0.05) is 12.3 Å². The van der Waals surface area contributed by atoms with Crippen molar-refractivity contribution < 1.29 is 9.59 Å². The highest BCUT2D eigenvalue weighted by Gasteiger charge is 2.20. The maximum absolute atomic E-state index is 10.9. The Kier molecular flexibility index (Phi) is 2.00. The van der Waals surface area contributed by atoms with Crippen LogP contribution in [-0.4, -0.2) is 11.6 Å². The minimum Gasteiger partial charge on any atom is -0.295 e. The standard InChI is InChI=1S/C8H10O2/c1-2-6-5-7(9)3-4-8(6)10/h3-4,6H,2,5H2,1H3/t6-/m0/s1. The molecule has 0 aromatic rings. The van der Waals surface area contributed by atoms with Crippen LogP contribution < -0.4 is 0 Å². The molecule has 1 aliphatic rings. The monoisotopic (exact) mass is 138 g/mol. The third kappa shape index (κ3) is 1.32. The Balaban J connectivity index is 2.71. The van der Waals surface area contributed by atoms with Gasteiger partial charge in [0.05, 0.1) is 0 Å². The second kappa shape index (κ2) is 2.78. The van der Waals surface area contributed by atoms with Gasteiger partial charge in [-0.15, -0.1) is 0 Å². The van der Waals surface area contributed by atoms with E-state index >= 15 is 0 Å². The zero-order valence-corrected chi connectivity index (χ0v) is 5.96. The van der Waals surface area contributed by atoms with E-state index in [4.69, 9.17) is 0 Å². The molecule has 54 valence electrons. The fourth-order valence-corrected chi connectivity index (χ4v) is 1.07. The summed E-state index contributed by atoms with van der Waals surface area (Å²) in [4.78, 5) is 21.7. The highest BCUT2D eigenvalue weighted by atomic mass is 16.1. The molecule has 1 atom stereocenters. The molecule has 2 heteroatoms. The summed E-state index contributed by atoms with van der Waals surface area (Å²) in [6.45, 7) is 1.93. The first-order valence-corrected chi connectivity index (χ1v) is 3.48. The van der Waals surface area contributed by atoms with Crippen LogP contribution >= 0.6 is 0 Å². The first-order valence-electron chi connectivity index (χ1n) is 3.48. The summed E-state index contributed by atoms with van der Waals surface area (Å²) in [6.07, 6.45) is 3.94. The third-order valence-corrected chi connectivity index (χ3v) is 1.78. The van der Waals surface area contributed by atoms with Crippen LogP contribution in [0.5, 0.6) is 0 Å². The normalized spacial score (nSPS) is 25.5. The molecule has 0 aromatic carbocycles. The number of hydrogen-bond acceptors (Lipinski definition) is 2. The highest BCUT2D eigenvalue weighted by molar-refractivity contribution is 6.05. The zero-order valence-electron chi connectivity index (χ0n) is 5.96. The number of carbonyl (C=O) groups is 2. The molecule has 1 rings (SSSR count). The smallest absolute Gasteiger partial charge is 0.159 e. The van der Waals surface area contributed by atoms with Crippen LogP contribution in [0.1, 0.15) is 19.8 Å². The molecule has 0 heterocycles. The van der Waals surface area contributed by atoms with Gasteiger partial charge in [0.2, 0.25) is 0 Å². The van der Waals surface area contributed by atoms with E-state index in [-0.39, 0.29) is 17.5 Å². The fourth-order valence-electron chi connectivity index (χ4n) is 1.07. The Bertz CT molecular complexity index is 191. The van der Waals surface area contributed by atoms with Crippen LogP contribution in [0.25, 0.3) is 0 Å². The van der Waals surface area contributed by atoms with E-state index < -0.39 is 0 Å². The zero-order chi connectivity index (χ0) is 7.56. The number of carbonyl (C=O) groups excluding carboxylic acids is 2. The van der Waals surface area contributed by atoms with Crippen molar-refractivity contribution in [1.82, 2.24) is 0 Å². The fraction of sp³-hybridized carbons (Fsp3) is 0.500. The van der Waals surface area contributed by atoms with E-state index in [9.17, 15) is 9.59 Å². The molecule has 0 aromatic heterocycles. The maximum Gasteiger partial charge on any atom is 0.159 e. The molecule has 1 aliphatic carbocycles. The van der Waals surface area contributed by atoms with Crippen LogP contribution in [0.4, 0.5) is 0 Å². The number of rotatable bonds is 1. The lowest BCUT2D eigenvalue weighted by Gasteiger charge is -2.11. The average Bonchev–Trinajstić information content (AvgIpc) is 1.94. The number of hydrogen-bond donors (Lipinski definition) is 0. The van der Waals surface area contributed by atoms with Crippen molar-refractivity contribution in [2.45, 2.75) is 19.8 Å².